The van der Waals surface area contributed by atoms with Gasteiger partial charge in [-0.3, -0.25) is 14.3 Å². The highest BCUT2D eigenvalue weighted by Gasteiger charge is 2.35. The number of carbonyl (C=O) groups is 2. The van der Waals surface area contributed by atoms with Gasteiger partial charge < -0.3 is 10.2 Å². The summed E-state index contributed by atoms with van der Waals surface area (Å²) in [6.07, 6.45) is 0.1000. The van der Waals surface area contributed by atoms with Crippen molar-refractivity contribution >= 4 is 50.2 Å². The van der Waals surface area contributed by atoms with Gasteiger partial charge in [0.25, 0.3) is 10.0 Å². The highest BCUT2D eigenvalue weighted by Crippen LogP contribution is 2.29. The number of aryl methyl sites for hydroxylation is 1. The summed E-state index contributed by atoms with van der Waals surface area (Å²) in [4.78, 5) is 26.9. The van der Waals surface area contributed by atoms with Crippen molar-refractivity contribution in [2.45, 2.75) is 17.6 Å². The van der Waals surface area contributed by atoms with Gasteiger partial charge in [-0.05, 0) is 42.6 Å². The number of sulfonamides is 1. The number of amides is 2. The summed E-state index contributed by atoms with van der Waals surface area (Å²) in [5.41, 5.74) is 2.46. The summed E-state index contributed by atoms with van der Waals surface area (Å²) < 4.78 is 27.8. The van der Waals surface area contributed by atoms with Gasteiger partial charge in [0.1, 0.15) is 4.21 Å². The van der Waals surface area contributed by atoms with Gasteiger partial charge in [0, 0.05) is 18.7 Å². The van der Waals surface area contributed by atoms with Gasteiger partial charge in [0.15, 0.2) is 0 Å². The van der Waals surface area contributed by atoms with Crippen LogP contribution in [0.4, 0.5) is 17.1 Å². The average molecular weight is 456 g/mol. The molecule has 1 aromatic heterocycles. The van der Waals surface area contributed by atoms with Gasteiger partial charge in [-0.25, -0.2) is 8.42 Å². The Labute approximate surface area is 184 Å². The number of thiophene rings is 1. The first kappa shape index (κ1) is 21.1. The Morgan fingerprint density at radius 2 is 1.74 bits per heavy atom. The largest absolute Gasteiger partial charge is 0.324 e. The maximum absolute atomic E-state index is 12.9. The number of rotatable bonds is 6. The van der Waals surface area contributed by atoms with E-state index in [-0.39, 0.29) is 34.7 Å². The lowest BCUT2D eigenvalue weighted by Crippen LogP contribution is -2.28. The van der Waals surface area contributed by atoms with Crippen LogP contribution in [0.2, 0.25) is 0 Å². The molecule has 1 aliphatic heterocycles. The van der Waals surface area contributed by atoms with Crippen LogP contribution in [-0.2, 0) is 19.6 Å². The summed E-state index contributed by atoms with van der Waals surface area (Å²) >= 11 is 1.11. The lowest BCUT2D eigenvalue weighted by Gasteiger charge is -2.17. The Kier molecular flexibility index (Phi) is 5.79. The third-order valence-corrected chi connectivity index (χ3v) is 7.79. The minimum atomic E-state index is -3.75. The van der Waals surface area contributed by atoms with Crippen LogP contribution in [0.15, 0.2) is 70.3 Å². The zero-order valence-corrected chi connectivity index (χ0v) is 18.4. The van der Waals surface area contributed by atoms with Gasteiger partial charge in [0.2, 0.25) is 11.8 Å². The van der Waals surface area contributed by atoms with Crippen molar-refractivity contribution in [2.24, 2.45) is 5.92 Å². The number of benzene rings is 2. The van der Waals surface area contributed by atoms with Crippen molar-refractivity contribution in [1.29, 1.82) is 0 Å². The van der Waals surface area contributed by atoms with E-state index >= 15 is 0 Å². The summed E-state index contributed by atoms with van der Waals surface area (Å²) in [6, 6.07) is 17.3. The second kappa shape index (κ2) is 8.52. The zero-order valence-electron chi connectivity index (χ0n) is 16.7. The second-order valence-corrected chi connectivity index (χ2v) is 10.2. The van der Waals surface area contributed by atoms with Crippen LogP contribution in [0.3, 0.4) is 0 Å². The first-order valence-corrected chi connectivity index (χ1v) is 12.0. The average Bonchev–Trinajstić information content (AvgIpc) is 3.41. The van der Waals surface area contributed by atoms with E-state index in [9.17, 15) is 18.0 Å². The quantitative estimate of drug-likeness (QED) is 0.590. The van der Waals surface area contributed by atoms with Gasteiger partial charge in [-0.2, -0.15) is 0 Å². The van der Waals surface area contributed by atoms with E-state index < -0.39 is 15.9 Å². The topological polar surface area (TPSA) is 95.6 Å². The zero-order chi connectivity index (χ0) is 22.0. The fourth-order valence-corrected chi connectivity index (χ4v) is 5.46. The van der Waals surface area contributed by atoms with Gasteiger partial charge >= 0.3 is 0 Å². The third kappa shape index (κ3) is 4.62. The molecule has 1 aliphatic rings. The van der Waals surface area contributed by atoms with Crippen LogP contribution in [0.5, 0.6) is 0 Å². The minimum absolute atomic E-state index is 0.1000. The van der Waals surface area contributed by atoms with Crippen molar-refractivity contribution in [3.63, 3.8) is 0 Å². The van der Waals surface area contributed by atoms with Gasteiger partial charge in [-0.1, -0.05) is 35.9 Å². The molecule has 0 bridgehead atoms. The molecule has 160 valence electrons. The molecule has 0 spiro atoms. The fourth-order valence-electron chi connectivity index (χ4n) is 3.38. The van der Waals surface area contributed by atoms with Crippen molar-refractivity contribution in [3.8, 4) is 0 Å². The molecule has 9 heteroatoms. The first-order chi connectivity index (χ1) is 14.8. The smallest absolute Gasteiger partial charge is 0.271 e. The first-order valence-electron chi connectivity index (χ1n) is 9.67. The second-order valence-electron chi connectivity index (χ2n) is 7.31. The molecular weight excluding hydrogens is 434 g/mol. The van der Waals surface area contributed by atoms with Crippen molar-refractivity contribution in [2.75, 3.05) is 21.5 Å². The molecule has 4 rings (SSSR count). The van der Waals surface area contributed by atoms with E-state index in [4.69, 9.17) is 0 Å². The molecular formula is C22H21N3O4S2. The summed E-state index contributed by atoms with van der Waals surface area (Å²) in [5, 5.41) is 4.46. The third-order valence-electron chi connectivity index (χ3n) is 5.03. The standard InChI is InChI=1S/C22H21N3O4S2/c1-15-8-10-17(11-9-15)25-14-16(13-20(25)26)22(27)23-18-5-2-3-6-19(18)24-31(28,29)21-7-4-12-30-21/h2-12,16,24H,13-14H2,1H3,(H,23,27). The lowest BCUT2D eigenvalue weighted by molar-refractivity contribution is -0.122. The maximum atomic E-state index is 12.9. The Balaban J connectivity index is 1.48. The molecule has 31 heavy (non-hydrogen) atoms. The monoisotopic (exact) mass is 455 g/mol. The lowest BCUT2D eigenvalue weighted by atomic mass is 10.1. The minimum Gasteiger partial charge on any atom is -0.324 e. The molecule has 0 aliphatic carbocycles. The predicted octanol–water partition coefficient (Wildman–Crippen LogP) is 3.85. The summed E-state index contributed by atoms with van der Waals surface area (Å²) in [5.74, 6) is -0.975. The normalized spacial score (nSPS) is 16.4. The van der Waals surface area contributed by atoms with Crippen LogP contribution in [0.1, 0.15) is 12.0 Å². The summed E-state index contributed by atoms with van der Waals surface area (Å²) in [6.45, 7) is 2.24. The van der Waals surface area contributed by atoms with Crippen molar-refractivity contribution < 1.29 is 18.0 Å². The molecule has 1 saturated heterocycles. The number of carbonyl (C=O) groups excluding carboxylic acids is 2. The van der Waals surface area contributed by atoms with E-state index in [1.807, 2.05) is 31.2 Å². The molecule has 2 heterocycles. The molecule has 1 fully saturated rings. The highest BCUT2D eigenvalue weighted by atomic mass is 32.2. The molecule has 2 N–H and O–H groups in total. The number of hydrogen-bond acceptors (Lipinski definition) is 5. The molecule has 1 unspecified atom stereocenters. The van der Waals surface area contributed by atoms with Crippen LogP contribution in [0, 0.1) is 12.8 Å². The van der Waals surface area contributed by atoms with Crippen molar-refractivity contribution in [1.82, 2.24) is 0 Å². The molecule has 0 saturated carbocycles. The van der Waals surface area contributed by atoms with Gasteiger partial charge in [0.05, 0.1) is 17.3 Å². The van der Waals surface area contributed by atoms with Crippen LogP contribution in [0.25, 0.3) is 0 Å². The number of para-hydroxylation sites is 2. The van der Waals surface area contributed by atoms with E-state index in [2.05, 4.69) is 10.0 Å². The van der Waals surface area contributed by atoms with E-state index in [0.29, 0.717) is 5.69 Å². The van der Waals surface area contributed by atoms with Crippen molar-refractivity contribution in [3.05, 3.63) is 71.6 Å². The molecule has 0 radical (unpaired) electrons. The number of nitrogens with zero attached hydrogens (tertiary/aromatic N) is 1. The number of nitrogens with one attached hydrogen (secondary N) is 2. The molecule has 2 amide bonds. The SMILES string of the molecule is Cc1ccc(N2CC(C(=O)Nc3ccccc3NS(=O)(=O)c3cccs3)CC2=O)cc1. The molecule has 2 aromatic carbocycles. The predicted molar refractivity (Wildman–Crippen MR) is 122 cm³/mol. The Bertz CT molecular complexity index is 1210. The van der Waals surface area contributed by atoms with E-state index in [0.717, 1.165) is 22.6 Å². The number of anilines is 3. The van der Waals surface area contributed by atoms with Crippen LogP contribution in [-0.4, -0.2) is 26.8 Å². The summed E-state index contributed by atoms with van der Waals surface area (Å²) in [7, 11) is -3.75. The molecule has 7 nitrogen and oxygen atoms in total. The Morgan fingerprint density at radius 1 is 1.03 bits per heavy atom. The number of hydrogen-bond donors (Lipinski definition) is 2. The van der Waals surface area contributed by atoms with Crippen LogP contribution >= 0.6 is 11.3 Å². The maximum Gasteiger partial charge on any atom is 0.271 e. The van der Waals surface area contributed by atoms with Crippen LogP contribution < -0.4 is 14.9 Å². The Morgan fingerprint density at radius 3 is 2.42 bits per heavy atom. The highest BCUT2D eigenvalue weighted by molar-refractivity contribution is 7.94. The van der Waals surface area contributed by atoms with E-state index in [1.165, 1.54) is 6.07 Å². The van der Waals surface area contributed by atoms with E-state index in [1.54, 1.807) is 40.6 Å². The fraction of sp³-hybridized carbons (Fsp3) is 0.182. The van der Waals surface area contributed by atoms with Gasteiger partial charge in [-0.15, -0.1) is 11.3 Å². The Hall–Kier alpha value is -3.17. The molecule has 3 aromatic rings. The molecule has 1 atom stereocenters.